The molecule has 0 saturated carbocycles. The van der Waals surface area contributed by atoms with Crippen LogP contribution in [0.25, 0.3) is 0 Å². The van der Waals surface area contributed by atoms with E-state index in [-0.39, 0.29) is 36.7 Å². The molecule has 2 atom stereocenters. The quantitative estimate of drug-likeness (QED) is 0.0349. The predicted octanol–water partition coefficient (Wildman–Crippen LogP) is 9.01. The van der Waals surface area contributed by atoms with Crippen molar-refractivity contribution in [3.05, 3.63) is 85.1 Å². The van der Waals surface area contributed by atoms with Crippen molar-refractivity contribution >= 4 is 17.9 Å². The molecule has 0 fully saturated rings. The molecular weight excluding hydrogens is 618 g/mol. The number of esters is 2. The van der Waals surface area contributed by atoms with E-state index in [1.54, 1.807) is 6.08 Å². The maximum atomic E-state index is 12.5. The van der Waals surface area contributed by atoms with Gasteiger partial charge in [0.05, 0.1) is 40.8 Å². The maximum absolute atomic E-state index is 12.5. The third-order valence-electron chi connectivity index (χ3n) is 7.32. The van der Waals surface area contributed by atoms with Gasteiger partial charge in [-0.25, -0.2) is 4.79 Å². The van der Waals surface area contributed by atoms with E-state index in [2.05, 4.69) is 80.7 Å². The number of ether oxygens (including phenoxy) is 3. The highest BCUT2D eigenvalue weighted by atomic mass is 16.6. The Labute approximate surface area is 297 Å². The zero-order chi connectivity index (χ0) is 36.4. The van der Waals surface area contributed by atoms with Crippen LogP contribution in [0.1, 0.15) is 104 Å². The van der Waals surface area contributed by atoms with Crippen LogP contribution in [0.3, 0.4) is 0 Å². The van der Waals surface area contributed by atoms with E-state index in [0.29, 0.717) is 12.8 Å². The Bertz CT molecular complexity index is 1080. The van der Waals surface area contributed by atoms with E-state index >= 15 is 0 Å². The monoisotopic (exact) mass is 684 g/mol. The Balaban J connectivity index is 4.56. The number of carbonyl (C=O) groups excluding carboxylic acids is 2. The van der Waals surface area contributed by atoms with Gasteiger partial charge in [-0.15, -0.1) is 0 Å². The highest BCUT2D eigenvalue weighted by molar-refractivity contribution is 5.72. The Kier molecular flexibility index (Phi) is 29.5. The zero-order valence-electron chi connectivity index (χ0n) is 31.1. The van der Waals surface area contributed by atoms with Gasteiger partial charge in [0.15, 0.2) is 12.1 Å². The summed E-state index contributed by atoms with van der Waals surface area (Å²) in [5.74, 6) is -1.68. The number of quaternary nitrogens is 1. The third kappa shape index (κ3) is 30.3. The van der Waals surface area contributed by atoms with Crippen molar-refractivity contribution in [1.82, 2.24) is 0 Å². The van der Waals surface area contributed by atoms with Crippen molar-refractivity contribution in [3.8, 4) is 0 Å². The summed E-state index contributed by atoms with van der Waals surface area (Å²) in [6.07, 6.45) is 39.6. The molecule has 1 N–H and O–H groups in total. The fraction of sp³-hybridized carbons (Fsp3) is 0.585. The van der Waals surface area contributed by atoms with E-state index in [4.69, 9.17) is 14.2 Å². The van der Waals surface area contributed by atoms with Gasteiger partial charge in [0.2, 0.25) is 0 Å². The molecule has 0 aromatic carbocycles. The minimum absolute atomic E-state index is 0.00903. The van der Waals surface area contributed by atoms with Crippen LogP contribution in [-0.2, 0) is 28.6 Å². The topological polar surface area (TPSA) is 99.1 Å². The lowest BCUT2D eigenvalue weighted by atomic mass is 10.1. The molecular formula is C41H66NO7+. The van der Waals surface area contributed by atoms with Gasteiger partial charge in [-0.3, -0.25) is 9.59 Å². The fourth-order valence-corrected chi connectivity index (χ4v) is 4.55. The van der Waals surface area contributed by atoms with Gasteiger partial charge in [-0.1, -0.05) is 105 Å². The molecule has 0 aliphatic rings. The second-order valence-corrected chi connectivity index (χ2v) is 12.7. The number of carboxylic acids is 1. The van der Waals surface area contributed by atoms with Gasteiger partial charge < -0.3 is 23.8 Å². The first-order valence-electron chi connectivity index (χ1n) is 18.1. The number of unbranched alkanes of at least 4 members (excludes halogenated alkanes) is 3. The number of aliphatic carboxylic acids is 1. The Morgan fingerprint density at radius 3 is 1.65 bits per heavy atom. The van der Waals surface area contributed by atoms with E-state index < -0.39 is 24.1 Å². The summed E-state index contributed by atoms with van der Waals surface area (Å²) in [6, 6.07) is -0.636. The summed E-state index contributed by atoms with van der Waals surface area (Å²) in [4.78, 5) is 36.6. The number of nitrogens with zero attached hydrogens (tertiary/aromatic N) is 1. The minimum atomic E-state index is -0.898. The van der Waals surface area contributed by atoms with Crippen LogP contribution in [0.4, 0.5) is 0 Å². The number of allylic oxidation sites excluding steroid dienone is 13. The largest absolute Gasteiger partial charge is 0.477 e. The molecule has 0 aliphatic heterocycles. The van der Waals surface area contributed by atoms with Crippen molar-refractivity contribution in [1.29, 1.82) is 0 Å². The number of carboxylic acid groups (broad SMARTS) is 1. The molecule has 0 saturated heterocycles. The molecule has 8 heteroatoms. The van der Waals surface area contributed by atoms with Crippen molar-refractivity contribution < 1.29 is 38.2 Å². The van der Waals surface area contributed by atoms with E-state index in [9.17, 15) is 19.5 Å². The number of hydrogen-bond acceptors (Lipinski definition) is 6. The molecule has 0 radical (unpaired) electrons. The summed E-state index contributed by atoms with van der Waals surface area (Å²) < 4.78 is 17.0. The molecule has 276 valence electrons. The summed E-state index contributed by atoms with van der Waals surface area (Å²) in [6.45, 7) is 4.31. The summed E-state index contributed by atoms with van der Waals surface area (Å²) >= 11 is 0. The smallest absolute Gasteiger partial charge is 0.362 e. The second-order valence-electron chi connectivity index (χ2n) is 12.7. The highest BCUT2D eigenvalue weighted by Gasteiger charge is 2.31. The zero-order valence-corrected chi connectivity index (χ0v) is 31.1. The van der Waals surface area contributed by atoms with Crippen LogP contribution in [0.5, 0.6) is 0 Å². The van der Waals surface area contributed by atoms with Crippen molar-refractivity contribution in [2.75, 3.05) is 41.0 Å². The van der Waals surface area contributed by atoms with Gasteiger partial charge in [0.1, 0.15) is 6.61 Å². The van der Waals surface area contributed by atoms with Gasteiger partial charge in [-0.2, -0.15) is 0 Å². The number of hydrogen-bond donors (Lipinski definition) is 1. The lowest BCUT2D eigenvalue weighted by Gasteiger charge is -2.31. The molecule has 8 nitrogen and oxygen atoms in total. The lowest BCUT2D eigenvalue weighted by Crippen LogP contribution is -2.50. The Hall–Kier alpha value is -3.49. The number of carbonyl (C=O) groups is 3. The van der Waals surface area contributed by atoms with E-state index in [1.165, 1.54) is 0 Å². The average Bonchev–Trinajstić information content (AvgIpc) is 3.05. The van der Waals surface area contributed by atoms with E-state index in [0.717, 1.165) is 70.6 Å². The summed E-state index contributed by atoms with van der Waals surface area (Å²) in [5, 5.41) is 9.56. The van der Waals surface area contributed by atoms with Crippen LogP contribution >= 0.6 is 0 Å². The van der Waals surface area contributed by atoms with Crippen molar-refractivity contribution in [2.45, 2.75) is 116 Å². The molecule has 0 rings (SSSR count). The fourth-order valence-electron chi connectivity index (χ4n) is 4.55. The van der Waals surface area contributed by atoms with Crippen LogP contribution < -0.4 is 0 Å². The summed E-state index contributed by atoms with van der Waals surface area (Å²) in [7, 11) is 5.46. The van der Waals surface area contributed by atoms with Gasteiger partial charge in [0, 0.05) is 12.8 Å². The molecule has 2 unspecified atom stereocenters. The molecule has 0 aromatic heterocycles. The van der Waals surface area contributed by atoms with Crippen molar-refractivity contribution in [3.63, 3.8) is 0 Å². The van der Waals surface area contributed by atoms with Gasteiger partial charge >= 0.3 is 17.9 Å². The Morgan fingerprint density at radius 1 is 0.633 bits per heavy atom. The number of likely N-dealkylation sites (N-methyl/N-ethyl adjacent to an activating group) is 1. The van der Waals surface area contributed by atoms with Crippen LogP contribution in [0.2, 0.25) is 0 Å². The minimum Gasteiger partial charge on any atom is -0.477 e. The van der Waals surface area contributed by atoms with Gasteiger partial charge in [-0.05, 0) is 64.2 Å². The second kappa shape index (κ2) is 31.8. The molecule has 0 bridgehead atoms. The first-order valence-corrected chi connectivity index (χ1v) is 18.1. The maximum Gasteiger partial charge on any atom is 0.362 e. The first-order chi connectivity index (χ1) is 23.6. The molecule has 0 spiro atoms. The van der Waals surface area contributed by atoms with E-state index in [1.807, 2.05) is 33.3 Å². The molecule has 0 aliphatic carbocycles. The SMILES string of the molecule is CC/C=C/C/C=C/C/C=C/C/C=C/CCCCCC(=O)OCC(COCCC(C(=O)O)[N+](C)(C)C)OC(=O)C/C=C/C/C=C/C/C=C/CC. The Morgan fingerprint density at radius 2 is 1.14 bits per heavy atom. The number of rotatable bonds is 30. The average molecular weight is 685 g/mol. The first kappa shape index (κ1) is 45.5. The third-order valence-corrected chi connectivity index (χ3v) is 7.32. The standard InChI is InChI=1S/C41H65NO7/c1-6-8-10-12-14-16-17-18-19-20-21-22-24-25-27-29-31-39(43)48-36-37(35-47-34-33-38(41(45)46)42(3,4)5)49-40(44)32-30-28-26-23-15-13-11-9-7-2/h8-11,14-16,18-19,21-23,28,30,37-38H,6-7,12-13,17,20,24-27,29,31-36H2,1-5H3/p+1/b10-8+,11-9+,16-14+,19-18+,22-21+,23-15+,30-28+. The molecule has 0 amide bonds. The van der Waals surface area contributed by atoms with Gasteiger partial charge in [0.25, 0.3) is 0 Å². The van der Waals surface area contributed by atoms with Crippen LogP contribution in [-0.4, -0.2) is 80.6 Å². The normalized spacial score (nSPS) is 14.1. The molecule has 0 aromatic rings. The van der Waals surface area contributed by atoms with Crippen LogP contribution in [0, 0.1) is 0 Å². The van der Waals surface area contributed by atoms with Crippen molar-refractivity contribution in [2.24, 2.45) is 0 Å². The predicted molar refractivity (Wildman–Crippen MR) is 201 cm³/mol. The molecule has 49 heavy (non-hydrogen) atoms. The highest BCUT2D eigenvalue weighted by Crippen LogP contribution is 2.10. The summed E-state index contributed by atoms with van der Waals surface area (Å²) in [5.41, 5.74) is 0. The van der Waals surface area contributed by atoms with Crippen LogP contribution in [0.15, 0.2) is 85.1 Å². The molecule has 0 heterocycles. The lowest BCUT2D eigenvalue weighted by molar-refractivity contribution is -0.887.